The van der Waals surface area contributed by atoms with Crippen molar-refractivity contribution in [1.82, 2.24) is 0 Å². The molecule has 0 heterocycles. The summed E-state index contributed by atoms with van der Waals surface area (Å²) >= 11 is 0. The Labute approximate surface area is 175 Å². The van der Waals surface area contributed by atoms with Crippen molar-refractivity contribution >= 4 is 0 Å². The summed E-state index contributed by atoms with van der Waals surface area (Å²) in [7, 11) is 0. The molecule has 0 aliphatic carbocycles. The normalized spacial score (nSPS) is 10.9. The van der Waals surface area contributed by atoms with Crippen molar-refractivity contribution < 1.29 is 19.7 Å². The van der Waals surface area contributed by atoms with Gasteiger partial charge in [-0.3, -0.25) is 0 Å². The van der Waals surface area contributed by atoms with E-state index in [0.29, 0.717) is 26.1 Å². The molecule has 0 aliphatic rings. The highest BCUT2D eigenvalue weighted by Gasteiger charge is 2.10. The molecule has 0 amide bonds. The number of ether oxygens (including phenoxy) is 2. The number of hydrogen-bond donors (Lipinski definition) is 2. The molecule has 160 valence electrons. The van der Waals surface area contributed by atoms with Gasteiger partial charge in [0.25, 0.3) is 0 Å². The zero-order valence-corrected chi connectivity index (χ0v) is 18.0. The Morgan fingerprint density at radius 3 is 1.97 bits per heavy atom. The summed E-state index contributed by atoms with van der Waals surface area (Å²) in [6.07, 6.45) is 7.02. The van der Waals surface area contributed by atoms with Gasteiger partial charge in [0.15, 0.2) is 0 Å². The molecule has 0 saturated carbocycles. The zero-order chi connectivity index (χ0) is 20.9. The van der Waals surface area contributed by atoms with Crippen molar-refractivity contribution in [2.75, 3.05) is 26.4 Å². The predicted molar refractivity (Wildman–Crippen MR) is 119 cm³/mol. The number of aliphatic hydroxyl groups is 2. The highest BCUT2D eigenvalue weighted by Crippen LogP contribution is 2.33. The lowest BCUT2D eigenvalue weighted by Crippen LogP contribution is -2.03. The lowest BCUT2D eigenvalue weighted by atomic mass is 9.94. The molecule has 0 fully saturated rings. The first-order valence-electron chi connectivity index (χ1n) is 11.0. The summed E-state index contributed by atoms with van der Waals surface area (Å²) in [5, 5.41) is 18.0. The number of rotatable bonds is 14. The molecule has 0 bridgehead atoms. The highest BCUT2D eigenvalue weighted by atomic mass is 16.5. The fourth-order valence-electron chi connectivity index (χ4n) is 3.36. The van der Waals surface area contributed by atoms with Crippen molar-refractivity contribution in [1.29, 1.82) is 0 Å². The molecule has 2 aromatic carbocycles. The summed E-state index contributed by atoms with van der Waals surface area (Å²) < 4.78 is 11.7. The molecule has 0 aromatic heterocycles. The van der Waals surface area contributed by atoms with Gasteiger partial charge >= 0.3 is 0 Å². The van der Waals surface area contributed by atoms with Crippen LogP contribution in [0.3, 0.4) is 0 Å². The minimum Gasteiger partial charge on any atom is -0.493 e. The van der Waals surface area contributed by atoms with E-state index in [0.717, 1.165) is 29.9 Å². The van der Waals surface area contributed by atoms with Gasteiger partial charge in [0.2, 0.25) is 0 Å². The van der Waals surface area contributed by atoms with Crippen molar-refractivity contribution in [3.63, 3.8) is 0 Å². The van der Waals surface area contributed by atoms with E-state index < -0.39 is 0 Å². The van der Waals surface area contributed by atoms with Crippen LogP contribution in [0.25, 0.3) is 11.1 Å². The van der Waals surface area contributed by atoms with Crippen LogP contribution < -0.4 is 9.47 Å². The molecule has 2 rings (SSSR count). The molecule has 0 spiro atoms. The van der Waals surface area contributed by atoms with Crippen LogP contribution in [0, 0.1) is 0 Å². The van der Waals surface area contributed by atoms with E-state index in [9.17, 15) is 0 Å². The molecule has 2 N–H and O–H groups in total. The number of unbranched alkanes of at least 4 members (excludes halogenated alkanes) is 2. The van der Waals surface area contributed by atoms with Crippen LogP contribution in [-0.4, -0.2) is 36.6 Å². The SMILES string of the molecule is CCCCCc1ccc(-c2cc(OCCCO)cc(OCCCO)c2)c(CC)c1. The summed E-state index contributed by atoms with van der Waals surface area (Å²) in [6.45, 7) is 5.57. The van der Waals surface area contributed by atoms with Crippen molar-refractivity contribution in [3.8, 4) is 22.6 Å². The minimum absolute atomic E-state index is 0.110. The van der Waals surface area contributed by atoms with E-state index in [1.807, 2.05) is 18.2 Å². The van der Waals surface area contributed by atoms with Crippen LogP contribution in [-0.2, 0) is 12.8 Å². The largest absolute Gasteiger partial charge is 0.493 e. The predicted octanol–water partition coefficient (Wildman–Crippen LogP) is 5.17. The van der Waals surface area contributed by atoms with Gasteiger partial charge in [-0.05, 0) is 53.6 Å². The zero-order valence-electron chi connectivity index (χ0n) is 18.0. The number of hydrogen-bond acceptors (Lipinski definition) is 4. The molecule has 2 aromatic rings. The highest BCUT2D eigenvalue weighted by molar-refractivity contribution is 5.71. The third-order valence-corrected chi connectivity index (χ3v) is 4.95. The average molecular weight is 401 g/mol. The van der Waals surface area contributed by atoms with Gasteiger partial charge in [0, 0.05) is 32.1 Å². The Kier molecular flexibility index (Phi) is 10.6. The van der Waals surface area contributed by atoms with Crippen LogP contribution >= 0.6 is 0 Å². The average Bonchev–Trinajstić information content (AvgIpc) is 2.74. The van der Waals surface area contributed by atoms with Crippen molar-refractivity contribution in [2.24, 2.45) is 0 Å². The molecule has 0 radical (unpaired) electrons. The summed E-state index contributed by atoms with van der Waals surface area (Å²) in [6, 6.07) is 12.7. The van der Waals surface area contributed by atoms with E-state index in [1.54, 1.807) is 0 Å². The standard InChI is InChI=1S/C25H36O4/c1-3-5-6-9-20-10-11-25(21(4-2)16-20)22-17-23(28-14-7-12-26)19-24(18-22)29-15-8-13-27/h10-11,16-19,26-27H,3-9,12-15H2,1-2H3. The van der Waals surface area contributed by atoms with Crippen molar-refractivity contribution in [2.45, 2.75) is 58.8 Å². The topological polar surface area (TPSA) is 58.9 Å². The molecule has 4 nitrogen and oxygen atoms in total. The first-order chi connectivity index (χ1) is 14.2. The van der Waals surface area contributed by atoms with E-state index in [-0.39, 0.29) is 13.2 Å². The Morgan fingerprint density at radius 1 is 0.759 bits per heavy atom. The van der Waals surface area contributed by atoms with Crippen LogP contribution in [0.5, 0.6) is 11.5 Å². The molecular weight excluding hydrogens is 364 g/mol. The Hall–Kier alpha value is -2.04. The van der Waals surface area contributed by atoms with Gasteiger partial charge in [-0.25, -0.2) is 0 Å². The van der Waals surface area contributed by atoms with Crippen LogP contribution in [0.1, 0.15) is 57.1 Å². The van der Waals surface area contributed by atoms with Gasteiger partial charge in [0.05, 0.1) is 13.2 Å². The molecular formula is C25H36O4. The van der Waals surface area contributed by atoms with E-state index >= 15 is 0 Å². The number of aliphatic hydroxyl groups excluding tert-OH is 2. The van der Waals surface area contributed by atoms with E-state index in [2.05, 4.69) is 32.0 Å². The monoisotopic (exact) mass is 400 g/mol. The Bertz CT molecular complexity index is 699. The van der Waals surface area contributed by atoms with Gasteiger partial charge in [-0.1, -0.05) is 44.9 Å². The summed E-state index contributed by atoms with van der Waals surface area (Å²) in [5.74, 6) is 1.48. The van der Waals surface area contributed by atoms with Crippen LogP contribution in [0.4, 0.5) is 0 Å². The minimum atomic E-state index is 0.110. The maximum atomic E-state index is 9.02. The second-order valence-corrected chi connectivity index (χ2v) is 7.35. The quantitative estimate of drug-likeness (QED) is 0.430. The van der Waals surface area contributed by atoms with Crippen LogP contribution in [0.15, 0.2) is 36.4 Å². The molecule has 0 aliphatic heterocycles. The smallest absolute Gasteiger partial charge is 0.123 e. The summed E-state index contributed by atoms with van der Waals surface area (Å²) in [5.41, 5.74) is 5.00. The van der Waals surface area contributed by atoms with Gasteiger partial charge in [-0.2, -0.15) is 0 Å². The lowest BCUT2D eigenvalue weighted by molar-refractivity contribution is 0.228. The first kappa shape index (κ1) is 23.2. The molecule has 4 heteroatoms. The Balaban J connectivity index is 2.29. The Morgan fingerprint density at radius 2 is 1.41 bits per heavy atom. The fourth-order valence-corrected chi connectivity index (χ4v) is 3.36. The second-order valence-electron chi connectivity index (χ2n) is 7.35. The molecule has 29 heavy (non-hydrogen) atoms. The van der Waals surface area contributed by atoms with Gasteiger partial charge in [0.1, 0.15) is 11.5 Å². The summed E-state index contributed by atoms with van der Waals surface area (Å²) in [4.78, 5) is 0. The maximum absolute atomic E-state index is 9.02. The molecule has 0 saturated heterocycles. The molecule has 0 atom stereocenters. The van der Waals surface area contributed by atoms with Gasteiger partial charge < -0.3 is 19.7 Å². The third-order valence-electron chi connectivity index (χ3n) is 4.95. The van der Waals surface area contributed by atoms with Gasteiger partial charge in [-0.15, -0.1) is 0 Å². The molecule has 0 unspecified atom stereocenters. The van der Waals surface area contributed by atoms with Crippen molar-refractivity contribution in [3.05, 3.63) is 47.5 Å². The van der Waals surface area contributed by atoms with E-state index in [1.165, 1.54) is 36.0 Å². The van der Waals surface area contributed by atoms with E-state index in [4.69, 9.17) is 19.7 Å². The van der Waals surface area contributed by atoms with Crippen LogP contribution in [0.2, 0.25) is 0 Å². The first-order valence-corrected chi connectivity index (χ1v) is 11.0. The number of benzene rings is 2. The number of aryl methyl sites for hydroxylation is 2. The second kappa shape index (κ2) is 13.2. The lowest BCUT2D eigenvalue weighted by Gasteiger charge is -2.15. The maximum Gasteiger partial charge on any atom is 0.123 e. The third kappa shape index (κ3) is 7.71. The fraction of sp³-hybridized carbons (Fsp3) is 0.520.